The highest BCUT2D eigenvalue weighted by Gasteiger charge is 2.27. The first kappa shape index (κ1) is 16.7. The van der Waals surface area contributed by atoms with E-state index in [1.165, 1.54) is 46.2 Å². The van der Waals surface area contributed by atoms with Crippen LogP contribution >= 0.6 is 0 Å². The molecule has 2 aromatic rings. The molecule has 1 fully saturated rings. The molecule has 1 N–H and O–H groups in total. The summed E-state index contributed by atoms with van der Waals surface area (Å²) in [7, 11) is 0. The van der Waals surface area contributed by atoms with Crippen LogP contribution in [0.2, 0.25) is 0 Å². The van der Waals surface area contributed by atoms with Crippen LogP contribution in [0.15, 0.2) is 30.3 Å². The van der Waals surface area contributed by atoms with E-state index in [9.17, 15) is 0 Å². The number of hydrogen-bond donors (Lipinski definition) is 1. The topological polar surface area (TPSA) is 21.3 Å². The first-order chi connectivity index (χ1) is 12.1. The maximum Gasteiger partial charge on any atom is 0.125 e. The van der Waals surface area contributed by atoms with Crippen LogP contribution in [0.1, 0.15) is 64.7 Å². The molecule has 2 heteroatoms. The fraction of sp³-hybridized carbons (Fsp3) is 0.478. The Kier molecular flexibility index (Phi) is 4.56. The van der Waals surface area contributed by atoms with E-state index in [-0.39, 0.29) is 6.10 Å². The zero-order chi connectivity index (χ0) is 17.4. The molecule has 25 heavy (non-hydrogen) atoms. The third kappa shape index (κ3) is 3.08. The van der Waals surface area contributed by atoms with Gasteiger partial charge in [-0.3, -0.25) is 0 Å². The smallest absolute Gasteiger partial charge is 0.125 e. The van der Waals surface area contributed by atoms with Gasteiger partial charge in [-0.05, 0) is 105 Å². The summed E-state index contributed by atoms with van der Waals surface area (Å²) >= 11 is 0. The Labute approximate surface area is 151 Å². The third-order valence-electron chi connectivity index (χ3n) is 6.24. The Morgan fingerprint density at radius 2 is 1.72 bits per heavy atom. The highest BCUT2D eigenvalue weighted by Crippen LogP contribution is 2.39. The number of aryl methyl sites for hydroxylation is 2. The van der Waals surface area contributed by atoms with Crippen molar-refractivity contribution < 1.29 is 4.74 Å². The second-order valence-corrected chi connectivity index (χ2v) is 7.72. The van der Waals surface area contributed by atoms with E-state index < -0.39 is 0 Å². The number of benzene rings is 2. The van der Waals surface area contributed by atoms with Crippen molar-refractivity contribution in [2.24, 2.45) is 0 Å². The molecule has 1 heterocycles. The normalized spacial score (nSPS) is 20.5. The lowest BCUT2D eigenvalue weighted by Gasteiger charge is -2.26. The Bertz CT molecular complexity index is 774. The van der Waals surface area contributed by atoms with Gasteiger partial charge in [-0.25, -0.2) is 0 Å². The summed E-state index contributed by atoms with van der Waals surface area (Å²) in [5.41, 5.74) is 8.51. The first-order valence-electron chi connectivity index (χ1n) is 9.71. The van der Waals surface area contributed by atoms with Crippen LogP contribution in [-0.4, -0.2) is 13.1 Å². The van der Waals surface area contributed by atoms with Crippen molar-refractivity contribution >= 4 is 0 Å². The minimum atomic E-state index is 0.207. The quantitative estimate of drug-likeness (QED) is 0.838. The SMILES string of the molecule is Cc1cccc2c1C(Oc1ccc(C3CCNCC3)c(C)c1C)CC2. The van der Waals surface area contributed by atoms with Crippen LogP contribution in [0, 0.1) is 20.8 Å². The van der Waals surface area contributed by atoms with Crippen LogP contribution < -0.4 is 10.1 Å². The van der Waals surface area contributed by atoms with Crippen LogP contribution in [0.25, 0.3) is 0 Å². The summed E-state index contributed by atoms with van der Waals surface area (Å²) in [5, 5.41) is 3.47. The van der Waals surface area contributed by atoms with Gasteiger partial charge in [0.1, 0.15) is 11.9 Å². The van der Waals surface area contributed by atoms with E-state index in [1.807, 2.05) is 0 Å². The number of nitrogens with one attached hydrogen (secondary N) is 1. The van der Waals surface area contributed by atoms with Crippen LogP contribution in [0.4, 0.5) is 0 Å². The molecule has 2 aromatic carbocycles. The van der Waals surface area contributed by atoms with E-state index in [2.05, 4.69) is 56.4 Å². The van der Waals surface area contributed by atoms with Gasteiger partial charge in [0.25, 0.3) is 0 Å². The molecule has 0 radical (unpaired) electrons. The van der Waals surface area contributed by atoms with Gasteiger partial charge in [0, 0.05) is 0 Å². The van der Waals surface area contributed by atoms with Gasteiger partial charge in [0.2, 0.25) is 0 Å². The van der Waals surface area contributed by atoms with Gasteiger partial charge < -0.3 is 10.1 Å². The Balaban J connectivity index is 1.59. The molecule has 1 aliphatic carbocycles. The fourth-order valence-electron chi connectivity index (χ4n) is 4.64. The van der Waals surface area contributed by atoms with Crippen molar-refractivity contribution in [3.8, 4) is 5.75 Å². The second kappa shape index (κ2) is 6.84. The number of rotatable bonds is 3. The molecule has 0 aromatic heterocycles. The monoisotopic (exact) mass is 335 g/mol. The summed E-state index contributed by atoms with van der Waals surface area (Å²) < 4.78 is 6.52. The molecule has 4 rings (SSSR count). The lowest BCUT2D eigenvalue weighted by Crippen LogP contribution is -2.27. The maximum atomic E-state index is 6.52. The van der Waals surface area contributed by atoms with Gasteiger partial charge in [-0.15, -0.1) is 0 Å². The Morgan fingerprint density at radius 1 is 0.920 bits per heavy atom. The molecular weight excluding hydrogens is 306 g/mol. The third-order valence-corrected chi connectivity index (χ3v) is 6.24. The van der Waals surface area contributed by atoms with Gasteiger partial charge >= 0.3 is 0 Å². The summed E-state index contributed by atoms with van der Waals surface area (Å²) in [6, 6.07) is 11.2. The highest BCUT2D eigenvalue weighted by atomic mass is 16.5. The molecule has 1 atom stereocenters. The van der Waals surface area contributed by atoms with Gasteiger partial charge in [-0.1, -0.05) is 24.3 Å². The molecule has 2 aliphatic rings. The number of fused-ring (bicyclic) bond motifs is 1. The lowest BCUT2D eigenvalue weighted by atomic mass is 9.86. The van der Waals surface area contributed by atoms with E-state index >= 15 is 0 Å². The Hall–Kier alpha value is -1.80. The van der Waals surface area contributed by atoms with Crippen molar-refractivity contribution in [2.75, 3.05) is 13.1 Å². The molecule has 0 spiro atoms. The van der Waals surface area contributed by atoms with E-state index in [1.54, 1.807) is 0 Å². The summed E-state index contributed by atoms with van der Waals surface area (Å²) in [4.78, 5) is 0. The fourth-order valence-corrected chi connectivity index (χ4v) is 4.64. The maximum absolute atomic E-state index is 6.52. The molecule has 1 saturated heterocycles. The Morgan fingerprint density at radius 3 is 2.52 bits per heavy atom. The van der Waals surface area contributed by atoms with Crippen LogP contribution in [-0.2, 0) is 6.42 Å². The number of hydrogen-bond acceptors (Lipinski definition) is 2. The molecule has 132 valence electrons. The van der Waals surface area contributed by atoms with Crippen molar-refractivity contribution in [2.45, 2.75) is 58.5 Å². The second-order valence-electron chi connectivity index (χ2n) is 7.72. The molecular formula is C23H29NO. The van der Waals surface area contributed by atoms with Crippen molar-refractivity contribution in [1.82, 2.24) is 5.32 Å². The van der Waals surface area contributed by atoms with Crippen LogP contribution in [0.5, 0.6) is 5.75 Å². The van der Waals surface area contributed by atoms with Crippen LogP contribution in [0.3, 0.4) is 0 Å². The number of ether oxygens (including phenoxy) is 1. The van der Waals surface area contributed by atoms with Gasteiger partial charge in [0.15, 0.2) is 0 Å². The van der Waals surface area contributed by atoms with Crippen molar-refractivity contribution in [3.05, 3.63) is 63.7 Å². The van der Waals surface area contributed by atoms with Gasteiger partial charge in [-0.2, -0.15) is 0 Å². The average molecular weight is 335 g/mol. The molecule has 2 nitrogen and oxygen atoms in total. The standard InChI is InChI=1S/C23H29NO/c1-15-5-4-6-19-7-9-22(23(15)19)25-21-10-8-20(16(2)17(21)3)18-11-13-24-14-12-18/h4-6,8,10,18,22,24H,7,9,11-14H2,1-3H3. The molecule has 0 bridgehead atoms. The largest absolute Gasteiger partial charge is 0.485 e. The lowest BCUT2D eigenvalue weighted by molar-refractivity contribution is 0.205. The molecule has 1 unspecified atom stereocenters. The van der Waals surface area contributed by atoms with Gasteiger partial charge in [0.05, 0.1) is 0 Å². The predicted molar refractivity (Wildman–Crippen MR) is 104 cm³/mol. The average Bonchev–Trinajstić information content (AvgIpc) is 3.04. The van der Waals surface area contributed by atoms with E-state index in [4.69, 9.17) is 4.74 Å². The molecule has 0 amide bonds. The van der Waals surface area contributed by atoms with Crippen molar-refractivity contribution in [3.63, 3.8) is 0 Å². The zero-order valence-electron chi connectivity index (χ0n) is 15.7. The van der Waals surface area contributed by atoms with E-state index in [0.29, 0.717) is 5.92 Å². The number of piperidine rings is 1. The van der Waals surface area contributed by atoms with E-state index in [0.717, 1.165) is 31.7 Å². The zero-order valence-corrected chi connectivity index (χ0v) is 15.7. The summed E-state index contributed by atoms with van der Waals surface area (Å²) in [5.74, 6) is 1.76. The first-order valence-corrected chi connectivity index (χ1v) is 9.71. The highest BCUT2D eigenvalue weighted by molar-refractivity contribution is 5.47. The summed E-state index contributed by atoms with van der Waals surface area (Å²) in [6.45, 7) is 8.98. The minimum absolute atomic E-state index is 0.207. The predicted octanol–water partition coefficient (Wildman–Crippen LogP) is 5.15. The molecule has 0 saturated carbocycles. The molecule has 1 aliphatic heterocycles. The van der Waals surface area contributed by atoms with Crippen molar-refractivity contribution in [1.29, 1.82) is 0 Å². The summed E-state index contributed by atoms with van der Waals surface area (Å²) in [6.07, 6.45) is 4.92. The minimum Gasteiger partial charge on any atom is -0.485 e.